The Labute approximate surface area is 126 Å². The summed E-state index contributed by atoms with van der Waals surface area (Å²) in [5.74, 6) is -0.316. The molecule has 0 aliphatic heterocycles. The van der Waals surface area contributed by atoms with Gasteiger partial charge in [0.05, 0.1) is 11.1 Å². The van der Waals surface area contributed by atoms with Crippen molar-refractivity contribution in [3.63, 3.8) is 0 Å². The van der Waals surface area contributed by atoms with Crippen molar-refractivity contribution in [1.29, 1.82) is 0 Å². The highest BCUT2D eigenvalue weighted by atomic mass is 79.9. The van der Waals surface area contributed by atoms with Crippen LogP contribution in [0.25, 0.3) is 11.3 Å². The van der Waals surface area contributed by atoms with Crippen molar-refractivity contribution in [2.45, 2.75) is 20.3 Å². The molecule has 1 heterocycles. The first-order valence-electron chi connectivity index (χ1n) is 6.20. The lowest BCUT2D eigenvalue weighted by Gasteiger charge is -2.17. The second kappa shape index (κ2) is 5.71. The Balaban J connectivity index is 2.31. The lowest BCUT2D eigenvalue weighted by atomic mass is 9.89. The molecule has 1 N–H and O–H groups in total. The number of carboxylic acid groups (broad SMARTS) is 1. The van der Waals surface area contributed by atoms with Crippen molar-refractivity contribution in [2.24, 2.45) is 5.41 Å². The van der Waals surface area contributed by atoms with Crippen LogP contribution in [0.2, 0.25) is 0 Å². The zero-order chi connectivity index (χ0) is 14.8. The van der Waals surface area contributed by atoms with Gasteiger partial charge in [0.25, 0.3) is 0 Å². The molecule has 0 atom stereocenters. The number of halogens is 1. The Hall–Kier alpha value is -1.75. The van der Waals surface area contributed by atoms with Crippen LogP contribution >= 0.6 is 15.9 Å². The lowest BCUT2D eigenvalue weighted by Crippen LogP contribution is -2.27. The van der Waals surface area contributed by atoms with Crippen LogP contribution in [0.15, 0.2) is 41.0 Å². The normalized spacial score (nSPS) is 11.3. The molecule has 0 radical (unpaired) electrons. The van der Waals surface area contributed by atoms with E-state index in [1.54, 1.807) is 20.0 Å². The Morgan fingerprint density at radius 3 is 2.75 bits per heavy atom. The van der Waals surface area contributed by atoms with Crippen LogP contribution in [0.1, 0.15) is 19.7 Å². The molecule has 0 amide bonds. The number of carboxylic acids is 1. The van der Waals surface area contributed by atoms with E-state index in [2.05, 4.69) is 25.9 Å². The van der Waals surface area contributed by atoms with Crippen molar-refractivity contribution in [3.8, 4) is 11.3 Å². The van der Waals surface area contributed by atoms with Gasteiger partial charge in [-0.2, -0.15) is 0 Å². The molecule has 104 valence electrons. The summed E-state index contributed by atoms with van der Waals surface area (Å²) in [7, 11) is 0. The van der Waals surface area contributed by atoms with E-state index in [4.69, 9.17) is 5.11 Å². The monoisotopic (exact) mass is 334 g/mol. The average Bonchev–Trinajstić information content (AvgIpc) is 2.38. The van der Waals surface area contributed by atoms with Crippen LogP contribution in [-0.2, 0) is 11.2 Å². The number of aromatic nitrogens is 2. The SMILES string of the molecule is CC(C)(Cc1nccc(-c2cccc(Br)c2)n1)C(=O)O. The van der Waals surface area contributed by atoms with Gasteiger partial charge in [0.2, 0.25) is 0 Å². The Bertz CT molecular complexity index is 641. The molecule has 0 unspecified atom stereocenters. The number of aliphatic carboxylic acids is 1. The zero-order valence-electron chi connectivity index (χ0n) is 11.3. The molecule has 4 nitrogen and oxygen atoms in total. The van der Waals surface area contributed by atoms with Gasteiger partial charge in [-0.05, 0) is 32.0 Å². The van der Waals surface area contributed by atoms with E-state index in [1.807, 2.05) is 30.3 Å². The molecule has 0 spiro atoms. The minimum absolute atomic E-state index is 0.296. The van der Waals surface area contributed by atoms with Gasteiger partial charge in [0, 0.05) is 22.7 Å². The zero-order valence-corrected chi connectivity index (χ0v) is 12.9. The molecule has 0 saturated heterocycles. The van der Waals surface area contributed by atoms with E-state index < -0.39 is 11.4 Å². The average molecular weight is 335 g/mol. The third-order valence-electron chi connectivity index (χ3n) is 3.00. The largest absolute Gasteiger partial charge is 0.481 e. The molecule has 0 aliphatic carbocycles. The maximum absolute atomic E-state index is 11.2. The first kappa shape index (κ1) is 14.7. The summed E-state index contributed by atoms with van der Waals surface area (Å²) in [6.45, 7) is 3.34. The first-order valence-corrected chi connectivity index (χ1v) is 6.99. The summed E-state index contributed by atoms with van der Waals surface area (Å²) in [4.78, 5) is 19.8. The Kier molecular flexibility index (Phi) is 4.18. The number of hydrogen-bond donors (Lipinski definition) is 1. The van der Waals surface area contributed by atoms with E-state index in [1.165, 1.54) is 0 Å². The van der Waals surface area contributed by atoms with Gasteiger partial charge in [0.1, 0.15) is 5.82 Å². The van der Waals surface area contributed by atoms with Crippen molar-refractivity contribution in [1.82, 2.24) is 9.97 Å². The molecular formula is C15H15BrN2O2. The van der Waals surface area contributed by atoms with Gasteiger partial charge >= 0.3 is 5.97 Å². The number of nitrogens with zero attached hydrogens (tertiary/aromatic N) is 2. The van der Waals surface area contributed by atoms with E-state index in [-0.39, 0.29) is 0 Å². The fourth-order valence-corrected chi connectivity index (χ4v) is 2.16. The van der Waals surface area contributed by atoms with Crippen molar-refractivity contribution < 1.29 is 9.90 Å². The van der Waals surface area contributed by atoms with Gasteiger partial charge in [-0.1, -0.05) is 28.1 Å². The van der Waals surface area contributed by atoms with Gasteiger partial charge in [-0.3, -0.25) is 4.79 Å². The van der Waals surface area contributed by atoms with Crippen LogP contribution < -0.4 is 0 Å². The van der Waals surface area contributed by atoms with Crippen LogP contribution in [-0.4, -0.2) is 21.0 Å². The van der Waals surface area contributed by atoms with Crippen LogP contribution in [0.5, 0.6) is 0 Å². The van der Waals surface area contributed by atoms with Gasteiger partial charge in [-0.15, -0.1) is 0 Å². The summed E-state index contributed by atoms with van der Waals surface area (Å²) >= 11 is 3.42. The van der Waals surface area contributed by atoms with Gasteiger partial charge in [-0.25, -0.2) is 9.97 Å². The third kappa shape index (κ3) is 3.42. The van der Waals surface area contributed by atoms with Gasteiger partial charge < -0.3 is 5.11 Å². The van der Waals surface area contributed by atoms with Crippen LogP contribution in [0.3, 0.4) is 0 Å². The predicted molar refractivity (Wildman–Crippen MR) is 80.3 cm³/mol. The summed E-state index contributed by atoms with van der Waals surface area (Å²) < 4.78 is 0.973. The van der Waals surface area contributed by atoms with Crippen molar-refractivity contribution >= 4 is 21.9 Å². The summed E-state index contributed by atoms with van der Waals surface area (Å²) in [6.07, 6.45) is 1.96. The quantitative estimate of drug-likeness (QED) is 0.928. The van der Waals surface area contributed by atoms with Crippen molar-refractivity contribution in [2.75, 3.05) is 0 Å². The number of hydrogen-bond acceptors (Lipinski definition) is 3. The molecule has 0 bridgehead atoms. The molecule has 5 heteroatoms. The fourth-order valence-electron chi connectivity index (χ4n) is 1.76. The molecular weight excluding hydrogens is 320 g/mol. The van der Waals surface area contributed by atoms with E-state index in [0.717, 1.165) is 15.7 Å². The van der Waals surface area contributed by atoms with E-state index in [9.17, 15) is 4.79 Å². The fraction of sp³-hybridized carbons (Fsp3) is 0.267. The Morgan fingerprint density at radius 1 is 1.35 bits per heavy atom. The second-order valence-corrected chi connectivity index (χ2v) is 6.15. The predicted octanol–water partition coefficient (Wildman–Crippen LogP) is 3.56. The molecule has 1 aromatic carbocycles. The number of carbonyl (C=O) groups is 1. The molecule has 2 rings (SSSR count). The third-order valence-corrected chi connectivity index (χ3v) is 3.50. The molecule has 0 fully saturated rings. The maximum atomic E-state index is 11.2. The summed E-state index contributed by atoms with van der Waals surface area (Å²) in [5, 5.41) is 9.16. The molecule has 20 heavy (non-hydrogen) atoms. The highest BCUT2D eigenvalue weighted by Gasteiger charge is 2.28. The number of benzene rings is 1. The number of rotatable bonds is 4. The minimum Gasteiger partial charge on any atom is -0.481 e. The minimum atomic E-state index is -0.879. The standard InChI is InChI=1S/C15H15BrN2O2/c1-15(2,14(19)20)9-13-17-7-6-12(18-13)10-4-3-5-11(16)8-10/h3-8H,9H2,1-2H3,(H,19,20). The van der Waals surface area contributed by atoms with Crippen molar-refractivity contribution in [3.05, 3.63) is 46.8 Å². The van der Waals surface area contributed by atoms with E-state index in [0.29, 0.717) is 12.2 Å². The van der Waals surface area contributed by atoms with E-state index >= 15 is 0 Å². The smallest absolute Gasteiger partial charge is 0.309 e. The highest BCUT2D eigenvalue weighted by Crippen LogP contribution is 2.24. The first-order chi connectivity index (χ1) is 9.38. The summed E-state index contributed by atoms with van der Waals surface area (Å²) in [6, 6.07) is 9.62. The molecule has 1 aromatic heterocycles. The maximum Gasteiger partial charge on any atom is 0.309 e. The molecule has 0 aliphatic rings. The Morgan fingerprint density at radius 2 is 2.10 bits per heavy atom. The topological polar surface area (TPSA) is 63.1 Å². The second-order valence-electron chi connectivity index (χ2n) is 5.23. The van der Waals surface area contributed by atoms with Crippen LogP contribution in [0, 0.1) is 5.41 Å². The highest BCUT2D eigenvalue weighted by molar-refractivity contribution is 9.10. The summed E-state index contributed by atoms with van der Waals surface area (Å²) in [5.41, 5.74) is 0.879. The molecule has 0 saturated carbocycles. The molecule has 2 aromatic rings. The van der Waals surface area contributed by atoms with Crippen LogP contribution in [0.4, 0.5) is 0 Å². The van der Waals surface area contributed by atoms with Gasteiger partial charge in [0.15, 0.2) is 0 Å². The lowest BCUT2D eigenvalue weighted by molar-refractivity contribution is -0.146.